The van der Waals surface area contributed by atoms with E-state index in [1.165, 1.54) is 4.90 Å². The van der Waals surface area contributed by atoms with Gasteiger partial charge in [-0.2, -0.15) is 0 Å². The standard InChI is InChI=1S/C25H34BrN3O7/c1-14-13-27-16(31)8-6-5-7-9-29(24(2,3)4)22(33)20-25-12-15(26)19(36-25)17(23(34)35-14)18(25)21(32)28(20)10-11-30/h5,7,12,14,17-20,30H,6,8-11,13H2,1-4H3,(H,27,31)/b7-5-/t14-,17+,18-,19+,20+,25-/m0/s1. The molecule has 0 saturated carbocycles. The lowest BCUT2D eigenvalue weighted by Gasteiger charge is -2.41. The molecule has 2 N–H and O–H groups in total. The highest BCUT2D eigenvalue weighted by Crippen LogP contribution is 2.58. The number of aliphatic hydroxyl groups is 1. The van der Waals surface area contributed by atoms with Gasteiger partial charge < -0.3 is 29.7 Å². The molecule has 0 aromatic carbocycles. The van der Waals surface area contributed by atoms with Crippen LogP contribution >= 0.6 is 15.9 Å². The van der Waals surface area contributed by atoms with Crippen molar-refractivity contribution in [2.45, 2.75) is 69.9 Å². The first-order valence-corrected chi connectivity index (χ1v) is 13.1. The molecule has 4 rings (SSSR count). The molecule has 36 heavy (non-hydrogen) atoms. The van der Waals surface area contributed by atoms with Crippen molar-refractivity contribution in [2.75, 3.05) is 26.2 Å². The second-order valence-electron chi connectivity index (χ2n) is 10.8. The van der Waals surface area contributed by atoms with Crippen LogP contribution in [-0.4, -0.2) is 94.2 Å². The Labute approximate surface area is 219 Å². The fourth-order valence-corrected chi connectivity index (χ4v) is 6.37. The van der Waals surface area contributed by atoms with Gasteiger partial charge in [0.15, 0.2) is 0 Å². The number of cyclic esters (lactones) is 1. The molecule has 4 heterocycles. The van der Waals surface area contributed by atoms with Crippen LogP contribution in [0.3, 0.4) is 0 Å². The van der Waals surface area contributed by atoms with Gasteiger partial charge >= 0.3 is 5.97 Å². The number of allylic oxidation sites excluding steroid dienone is 1. The normalized spacial score (nSPS) is 36.5. The van der Waals surface area contributed by atoms with Gasteiger partial charge in [0.2, 0.25) is 17.7 Å². The molecule has 6 atom stereocenters. The van der Waals surface area contributed by atoms with Gasteiger partial charge in [-0.05, 0) is 40.2 Å². The number of halogens is 1. The molecule has 198 valence electrons. The Bertz CT molecular complexity index is 1010. The van der Waals surface area contributed by atoms with Gasteiger partial charge in [0, 0.05) is 29.5 Å². The second kappa shape index (κ2) is 9.90. The van der Waals surface area contributed by atoms with Crippen LogP contribution in [0.2, 0.25) is 0 Å². The average molecular weight is 568 g/mol. The van der Waals surface area contributed by atoms with Gasteiger partial charge in [0.1, 0.15) is 29.8 Å². The number of hydrogen-bond acceptors (Lipinski definition) is 7. The van der Waals surface area contributed by atoms with E-state index in [4.69, 9.17) is 9.47 Å². The first-order chi connectivity index (χ1) is 16.9. The van der Waals surface area contributed by atoms with Crippen LogP contribution in [0.1, 0.15) is 40.5 Å². The number of carbonyl (C=O) groups excluding carboxylic acids is 4. The highest BCUT2D eigenvalue weighted by molar-refractivity contribution is 9.11. The van der Waals surface area contributed by atoms with Crippen molar-refractivity contribution in [1.82, 2.24) is 15.1 Å². The number of rotatable bonds is 2. The first-order valence-electron chi connectivity index (χ1n) is 12.3. The number of likely N-dealkylation sites (tertiary alicyclic amines) is 1. The monoisotopic (exact) mass is 567 g/mol. The maximum absolute atomic E-state index is 14.2. The number of nitrogens with one attached hydrogen (secondary N) is 1. The second-order valence-corrected chi connectivity index (χ2v) is 11.7. The molecule has 11 heteroatoms. The summed E-state index contributed by atoms with van der Waals surface area (Å²) in [5.41, 5.74) is -1.97. The maximum atomic E-state index is 14.2. The van der Waals surface area contributed by atoms with Crippen LogP contribution in [0.5, 0.6) is 0 Å². The summed E-state index contributed by atoms with van der Waals surface area (Å²) in [5, 5.41) is 12.5. The van der Waals surface area contributed by atoms with E-state index < -0.39 is 53.1 Å². The quantitative estimate of drug-likeness (QED) is 0.374. The lowest BCUT2D eigenvalue weighted by atomic mass is 9.74. The van der Waals surface area contributed by atoms with Crippen LogP contribution in [-0.2, 0) is 28.7 Å². The van der Waals surface area contributed by atoms with Crippen LogP contribution in [0.15, 0.2) is 22.7 Å². The Balaban J connectivity index is 1.81. The maximum Gasteiger partial charge on any atom is 0.313 e. The van der Waals surface area contributed by atoms with E-state index in [1.54, 1.807) is 17.9 Å². The Morgan fingerprint density at radius 2 is 1.92 bits per heavy atom. The van der Waals surface area contributed by atoms with Crippen LogP contribution in [0.4, 0.5) is 0 Å². The Hall–Kier alpha value is -2.24. The molecule has 5 bridgehead atoms. The van der Waals surface area contributed by atoms with Crippen LogP contribution in [0, 0.1) is 11.8 Å². The van der Waals surface area contributed by atoms with E-state index in [0.717, 1.165) is 0 Å². The summed E-state index contributed by atoms with van der Waals surface area (Å²) >= 11 is 3.49. The number of amides is 3. The summed E-state index contributed by atoms with van der Waals surface area (Å²) < 4.78 is 12.6. The van der Waals surface area contributed by atoms with E-state index in [9.17, 15) is 24.3 Å². The van der Waals surface area contributed by atoms with E-state index in [-0.39, 0.29) is 44.5 Å². The highest BCUT2D eigenvalue weighted by Gasteiger charge is 2.75. The fraction of sp³-hybridized carbons (Fsp3) is 0.680. The van der Waals surface area contributed by atoms with E-state index >= 15 is 0 Å². The number of aliphatic hydroxyl groups excluding tert-OH is 1. The third-order valence-electron chi connectivity index (χ3n) is 7.25. The third-order valence-corrected chi connectivity index (χ3v) is 7.93. The van der Waals surface area contributed by atoms with Gasteiger partial charge in [-0.1, -0.05) is 28.1 Å². The lowest BCUT2D eigenvalue weighted by Crippen LogP contribution is -2.59. The molecular weight excluding hydrogens is 534 g/mol. The molecule has 10 nitrogen and oxygen atoms in total. The van der Waals surface area contributed by atoms with Crippen molar-refractivity contribution >= 4 is 39.6 Å². The van der Waals surface area contributed by atoms with E-state index in [1.807, 2.05) is 32.9 Å². The zero-order valence-corrected chi connectivity index (χ0v) is 22.6. The number of fused-ring (bicyclic) bond motifs is 2. The molecule has 4 aliphatic heterocycles. The van der Waals surface area contributed by atoms with Crippen LogP contribution in [0.25, 0.3) is 0 Å². The molecule has 0 aromatic rings. The number of hydrogen-bond donors (Lipinski definition) is 2. The van der Waals surface area contributed by atoms with Gasteiger partial charge in [0.05, 0.1) is 19.1 Å². The fourth-order valence-electron chi connectivity index (χ4n) is 5.63. The predicted molar refractivity (Wildman–Crippen MR) is 133 cm³/mol. The lowest BCUT2D eigenvalue weighted by molar-refractivity contribution is -0.159. The largest absolute Gasteiger partial charge is 0.460 e. The van der Waals surface area contributed by atoms with Crippen LogP contribution < -0.4 is 5.32 Å². The molecule has 2 saturated heterocycles. The third kappa shape index (κ3) is 4.50. The topological polar surface area (TPSA) is 125 Å². The SMILES string of the molecule is C[C@H]1CNC(=O)CC/C=C\CN(C(C)(C)C)C(=O)[C@H]2N(CCO)C(=O)[C@@H]3[C@@H](C(=O)O1)[C@@H]1O[C@@]32C=C1Br. The number of nitrogens with zero attached hydrogens (tertiary/aromatic N) is 2. The molecular formula is C25H34BrN3O7. The van der Waals surface area contributed by atoms with E-state index in [0.29, 0.717) is 10.9 Å². The number of ether oxygens (including phenoxy) is 2. The van der Waals surface area contributed by atoms with Crippen molar-refractivity contribution in [2.24, 2.45) is 11.8 Å². The molecule has 2 fully saturated rings. The van der Waals surface area contributed by atoms with Gasteiger partial charge in [-0.3, -0.25) is 19.2 Å². The van der Waals surface area contributed by atoms with Crippen molar-refractivity contribution in [3.8, 4) is 0 Å². The summed E-state index contributed by atoms with van der Waals surface area (Å²) in [5.74, 6) is -3.48. The highest BCUT2D eigenvalue weighted by atomic mass is 79.9. The summed E-state index contributed by atoms with van der Waals surface area (Å²) in [7, 11) is 0. The Morgan fingerprint density at radius 1 is 1.19 bits per heavy atom. The minimum absolute atomic E-state index is 0.0645. The number of carbonyl (C=O) groups is 4. The van der Waals surface area contributed by atoms with Crippen molar-refractivity contribution in [3.63, 3.8) is 0 Å². The minimum Gasteiger partial charge on any atom is -0.460 e. The summed E-state index contributed by atoms with van der Waals surface area (Å²) in [6.07, 6.45) is 4.79. The zero-order valence-electron chi connectivity index (χ0n) is 21.0. The smallest absolute Gasteiger partial charge is 0.313 e. The van der Waals surface area contributed by atoms with Gasteiger partial charge in [-0.25, -0.2) is 0 Å². The minimum atomic E-state index is -1.37. The van der Waals surface area contributed by atoms with Gasteiger partial charge in [0.25, 0.3) is 0 Å². The summed E-state index contributed by atoms with van der Waals surface area (Å²) in [4.78, 5) is 56.5. The predicted octanol–water partition coefficient (Wildman–Crippen LogP) is 0.877. The number of esters is 1. The summed E-state index contributed by atoms with van der Waals surface area (Å²) in [6.45, 7) is 7.37. The molecule has 1 spiro atoms. The Kier molecular flexibility index (Phi) is 7.38. The molecule has 3 amide bonds. The molecule has 4 aliphatic rings. The first kappa shape index (κ1) is 26.8. The number of β-amino-alcohol motifs (C(OH)–C–C–N with tert-alkyl or cyclic N) is 1. The molecule has 0 aromatic heterocycles. The Morgan fingerprint density at radius 3 is 2.58 bits per heavy atom. The van der Waals surface area contributed by atoms with Crippen molar-refractivity contribution in [1.29, 1.82) is 0 Å². The van der Waals surface area contributed by atoms with E-state index in [2.05, 4.69) is 21.2 Å². The molecule has 0 aliphatic carbocycles. The molecule has 0 radical (unpaired) electrons. The van der Waals surface area contributed by atoms with Crippen molar-refractivity contribution in [3.05, 3.63) is 22.7 Å². The van der Waals surface area contributed by atoms with Crippen molar-refractivity contribution < 1.29 is 33.8 Å². The average Bonchev–Trinajstić information content (AvgIpc) is 3.37. The summed E-state index contributed by atoms with van der Waals surface area (Å²) in [6, 6.07) is -1.05. The zero-order chi connectivity index (χ0) is 26.4. The van der Waals surface area contributed by atoms with Gasteiger partial charge in [-0.15, -0.1) is 0 Å². The molecule has 0 unspecified atom stereocenters.